The van der Waals surface area contributed by atoms with Gasteiger partial charge in [0.05, 0.1) is 24.5 Å². The first kappa shape index (κ1) is 46.5. The van der Waals surface area contributed by atoms with Crippen molar-refractivity contribution in [3.8, 4) is 5.75 Å². The Morgan fingerprint density at radius 3 is 2.05 bits per heavy atom. The van der Waals surface area contributed by atoms with Gasteiger partial charge in [-0.2, -0.15) is 0 Å². The van der Waals surface area contributed by atoms with Crippen LogP contribution in [0.25, 0.3) is 21.5 Å². The lowest BCUT2D eigenvalue weighted by Crippen LogP contribution is -2.52. The summed E-state index contributed by atoms with van der Waals surface area (Å²) in [5.74, 6) is -1.45. The lowest BCUT2D eigenvalue weighted by Gasteiger charge is -2.34. The molecule has 7 aromatic rings. The molecule has 1 aliphatic carbocycles. The summed E-state index contributed by atoms with van der Waals surface area (Å²) in [6.07, 6.45) is 12.1. The molecule has 0 bridgehead atoms. The molecule has 0 saturated heterocycles. The van der Waals surface area contributed by atoms with Gasteiger partial charge in [-0.25, -0.2) is 4.79 Å². The Balaban J connectivity index is 0.000000517. The highest BCUT2D eigenvalue weighted by Gasteiger charge is 2.40. The number of aromatic nitrogens is 2. The average molecular weight is 887 g/mol. The number of carbonyl (C=O) groups excluding carboxylic acids is 3. The van der Waals surface area contributed by atoms with Crippen molar-refractivity contribution in [2.75, 3.05) is 30.8 Å². The molecule has 5 aromatic carbocycles. The number of ketones is 1. The van der Waals surface area contributed by atoms with E-state index in [2.05, 4.69) is 20.6 Å². The molecule has 2 aromatic heterocycles. The van der Waals surface area contributed by atoms with Gasteiger partial charge in [-0.05, 0) is 107 Å². The molecular formula is C53H54N6O7. The molecule has 2 unspecified atom stereocenters. The van der Waals surface area contributed by atoms with Crippen LogP contribution in [0.4, 0.5) is 11.4 Å². The van der Waals surface area contributed by atoms with E-state index < -0.39 is 17.4 Å². The van der Waals surface area contributed by atoms with Crippen LogP contribution in [-0.4, -0.2) is 58.9 Å². The number of anilines is 2. The van der Waals surface area contributed by atoms with E-state index in [9.17, 15) is 19.2 Å². The van der Waals surface area contributed by atoms with E-state index in [1.165, 1.54) is 25.7 Å². The fraction of sp³-hybridized carbons (Fsp3) is 0.245. The Morgan fingerprint density at radius 2 is 1.39 bits per heavy atom. The first-order chi connectivity index (χ1) is 32.1. The van der Waals surface area contributed by atoms with Crippen LogP contribution >= 0.6 is 0 Å². The maximum Gasteiger partial charge on any atom is 0.335 e. The topological polar surface area (TPSA) is 209 Å². The zero-order valence-electron chi connectivity index (χ0n) is 36.8. The van der Waals surface area contributed by atoms with Gasteiger partial charge in [-0.15, -0.1) is 0 Å². The van der Waals surface area contributed by atoms with Crippen LogP contribution in [0.3, 0.4) is 0 Å². The van der Waals surface area contributed by atoms with E-state index in [1.54, 1.807) is 36.9 Å². The lowest BCUT2D eigenvalue weighted by molar-refractivity contribution is -0.151. The van der Waals surface area contributed by atoms with Crippen LogP contribution in [0.2, 0.25) is 0 Å². The fourth-order valence-electron chi connectivity index (χ4n) is 8.30. The van der Waals surface area contributed by atoms with Crippen molar-refractivity contribution in [3.05, 3.63) is 174 Å². The monoisotopic (exact) mass is 886 g/mol. The van der Waals surface area contributed by atoms with Gasteiger partial charge < -0.3 is 36.7 Å². The number of nitrogens with zero attached hydrogens (tertiary/aromatic N) is 2. The highest BCUT2D eigenvalue weighted by Crippen LogP contribution is 2.32. The predicted octanol–water partition coefficient (Wildman–Crippen LogP) is 8.56. The number of Topliss-reactive ketones (excluding diaryl/α,β-unsaturated/α-hetero) is 1. The van der Waals surface area contributed by atoms with Crippen molar-refractivity contribution < 1.29 is 33.8 Å². The molecule has 0 spiro atoms. The predicted molar refractivity (Wildman–Crippen MR) is 256 cm³/mol. The Morgan fingerprint density at radius 1 is 0.742 bits per heavy atom. The molecule has 7 N–H and O–H groups in total. The summed E-state index contributed by atoms with van der Waals surface area (Å²) < 4.78 is 10.5. The van der Waals surface area contributed by atoms with E-state index in [-0.39, 0.29) is 55.3 Å². The second-order valence-corrected chi connectivity index (χ2v) is 16.4. The van der Waals surface area contributed by atoms with E-state index in [4.69, 9.17) is 26.0 Å². The molecule has 13 heteroatoms. The number of rotatable bonds is 16. The minimum absolute atomic E-state index is 0.0353. The number of hydrogen-bond donors (Lipinski definition) is 5. The van der Waals surface area contributed by atoms with Crippen molar-refractivity contribution >= 4 is 56.5 Å². The summed E-state index contributed by atoms with van der Waals surface area (Å²) in [6.45, 7) is 0.170. The van der Waals surface area contributed by atoms with Gasteiger partial charge in [0.1, 0.15) is 18.1 Å². The second kappa shape index (κ2) is 21.9. The SMILES string of the molecule is COc1ccc(C(=O)O)cc1.NCC(C(=O)Cc1cccc(C(CN)(Nc2ccc3cnccc3c2)C(=O)Nc2ccc3cnccc3c2)c1)c1cccc(COC(=O)C2CCCCC2)c1. The summed E-state index contributed by atoms with van der Waals surface area (Å²) in [5.41, 5.74) is 15.9. The molecule has 1 amide bonds. The molecule has 338 valence electrons. The molecule has 1 saturated carbocycles. The summed E-state index contributed by atoms with van der Waals surface area (Å²) in [5, 5.41) is 18.9. The van der Waals surface area contributed by atoms with E-state index in [1.807, 2.05) is 97.1 Å². The Bertz CT molecular complexity index is 2810. The van der Waals surface area contributed by atoms with Gasteiger partial charge in [-0.1, -0.05) is 79.9 Å². The third-order valence-corrected chi connectivity index (χ3v) is 12.0. The number of amides is 1. The van der Waals surface area contributed by atoms with Crippen LogP contribution in [0.5, 0.6) is 5.75 Å². The summed E-state index contributed by atoms with van der Waals surface area (Å²) >= 11 is 0. The van der Waals surface area contributed by atoms with Crippen LogP contribution in [0, 0.1) is 5.92 Å². The van der Waals surface area contributed by atoms with Gasteiger partial charge in [0, 0.05) is 66.4 Å². The second-order valence-electron chi connectivity index (χ2n) is 16.4. The van der Waals surface area contributed by atoms with Crippen molar-refractivity contribution in [1.29, 1.82) is 0 Å². The largest absolute Gasteiger partial charge is 0.497 e. The maximum atomic E-state index is 14.6. The third-order valence-electron chi connectivity index (χ3n) is 12.0. The quantitative estimate of drug-likeness (QED) is 0.0579. The zero-order valence-corrected chi connectivity index (χ0v) is 36.8. The number of pyridine rings is 2. The highest BCUT2D eigenvalue weighted by molar-refractivity contribution is 6.03. The van der Waals surface area contributed by atoms with E-state index >= 15 is 0 Å². The fourth-order valence-corrected chi connectivity index (χ4v) is 8.30. The van der Waals surface area contributed by atoms with Crippen molar-refractivity contribution in [1.82, 2.24) is 9.97 Å². The van der Waals surface area contributed by atoms with E-state index in [0.717, 1.165) is 58.4 Å². The molecule has 1 aliphatic rings. The number of esters is 1. The van der Waals surface area contributed by atoms with E-state index in [0.29, 0.717) is 28.3 Å². The summed E-state index contributed by atoms with van der Waals surface area (Å²) in [6, 6.07) is 36.4. The van der Waals surface area contributed by atoms with Crippen LogP contribution in [-0.2, 0) is 37.7 Å². The first-order valence-electron chi connectivity index (χ1n) is 22.0. The van der Waals surface area contributed by atoms with Gasteiger partial charge >= 0.3 is 11.9 Å². The van der Waals surface area contributed by atoms with Gasteiger partial charge in [0.25, 0.3) is 5.91 Å². The van der Waals surface area contributed by atoms with Crippen molar-refractivity contribution in [2.45, 2.75) is 56.6 Å². The number of carboxylic acid groups (broad SMARTS) is 1. The Kier molecular flexibility index (Phi) is 15.5. The number of fused-ring (bicyclic) bond motifs is 2. The zero-order chi connectivity index (χ0) is 46.5. The van der Waals surface area contributed by atoms with Crippen LogP contribution in [0.15, 0.2) is 146 Å². The highest BCUT2D eigenvalue weighted by atomic mass is 16.5. The minimum Gasteiger partial charge on any atom is -0.497 e. The Hall–Kier alpha value is -7.48. The molecule has 0 radical (unpaired) electrons. The smallest absolute Gasteiger partial charge is 0.335 e. The van der Waals surface area contributed by atoms with Gasteiger partial charge in [0.15, 0.2) is 5.54 Å². The molecule has 2 heterocycles. The molecule has 13 nitrogen and oxygen atoms in total. The number of carboxylic acids is 1. The van der Waals surface area contributed by atoms with Gasteiger partial charge in [0.2, 0.25) is 0 Å². The summed E-state index contributed by atoms with van der Waals surface area (Å²) in [4.78, 5) is 60.0. The number of benzene rings is 5. The lowest BCUT2D eigenvalue weighted by atomic mass is 9.85. The molecule has 0 aliphatic heterocycles. The minimum atomic E-state index is -1.43. The first-order valence-corrected chi connectivity index (χ1v) is 22.0. The number of aromatic carboxylic acids is 1. The molecular weight excluding hydrogens is 833 g/mol. The maximum absolute atomic E-state index is 14.6. The average Bonchev–Trinajstić information content (AvgIpc) is 3.35. The molecule has 1 fully saturated rings. The normalized spacial score (nSPS) is 13.9. The number of methoxy groups -OCH3 is 1. The van der Waals surface area contributed by atoms with Crippen molar-refractivity contribution in [2.24, 2.45) is 17.4 Å². The molecule has 66 heavy (non-hydrogen) atoms. The van der Waals surface area contributed by atoms with Gasteiger partial charge in [-0.3, -0.25) is 24.4 Å². The Labute approximate surface area is 383 Å². The van der Waals surface area contributed by atoms with Crippen molar-refractivity contribution in [3.63, 3.8) is 0 Å². The third kappa shape index (κ3) is 11.4. The standard InChI is InChI=1S/C45H46N6O4.C8H8O3/c46-25-41(35-10-4-7-31(20-35)28-55-43(53)32-8-2-1-3-9-32)42(52)22-30-6-5-11-38(21-30)45(29-47,51-40-15-13-37-27-49-19-17-34(37)24-40)44(54)50-39-14-12-36-26-48-18-16-33(36)23-39;1-11-7-4-2-6(3-5-7)8(9)10/h4-7,10-21,23-24,26-27,32,41,51H,1-3,8-9,22,25,28-29,46-47H2,(H,50,54);2-5H,1H3,(H,9,10). The number of nitrogens with two attached hydrogens (primary N) is 2. The van der Waals surface area contributed by atoms with Crippen LogP contribution < -0.4 is 26.8 Å². The summed E-state index contributed by atoms with van der Waals surface area (Å²) in [7, 11) is 1.54. The number of hydrogen-bond acceptors (Lipinski definition) is 11. The molecule has 2 atom stereocenters. The molecule has 8 rings (SSSR count). The number of carbonyl (C=O) groups is 4. The number of ether oxygens (including phenoxy) is 2. The number of nitrogens with one attached hydrogen (secondary N) is 2. The van der Waals surface area contributed by atoms with Crippen LogP contribution in [0.1, 0.15) is 70.6 Å².